The molecule has 0 aromatic heterocycles. The molecule has 0 radical (unpaired) electrons. The summed E-state index contributed by atoms with van der Waals surface area (Å²) in [5.41, 5.74) is -1.91. The van der Waals surface area contributed by atoms with Crippen molar-refractivity contribution in [3.63, 3.8) is 0 Å². The number of non-ortho nitro benzene ring substituents is 1. The van der Waals surface area contributed by atoms with Gasteiger partial charge in [-0.05, 0) is 30.3 Å². The highest BCUT2D eigenvalue weighted by Crippen LogP contribution is 2.33. The topological polar surface area (TPSA) is 81.5 Å². The van der Waals surface area contributed by atoms with Crippen LogP contribution in [-0.4, -0.2) is 17.4 Å². The molecular weight excluding hydrogens is 348 g/mol. The van der Waals surface area contributed by atoms with E-state index in [9.17, 15) is 32.5 Å². The van der Waals surface area contributed by atoms with E-state index in [2.05, 4.69) is 5.32 Å². The van der Waals surface area contributed by atoms with Gasteiger partial charge in [-0.15, -0.1) is 0 Å². The predicted octanol–water partition coefficient (Wildman–Crippen LogP) is 3.77. The summed E-state index contributed by atoms with van der Waals surface area (Å²) in [5, 5.41) is 12.6. The lowest BCUT2D eigenvalue weighted by Crippen LogP contribution is -2.20. The van der Waals surface area contributed by atoms with Crippen LogP contribution >= 0.6 is 0 Å². The second kappa shape index (κ2) is 7.16. The summed E-state index contributed by atoms with van der Waals surface area (Å²) >= 11 is 0. The summed E-state index contributed by atoms with van der Waals surface area (Å²) in [7, 11) is 0. The van der Waals surface area contributed by atoms with Crippen molar-refractivity contribution < 1.29 is 32.0 Å². The number of alkyl halides is 3. The smallest absolute Gasteiger partial charge is 0.419 e. The van der Waals surface area contributed by atoms with Crippen LogP contribution in [-0.2, 0) is 11.0 Å². The first-order valence-electron chi connectivity index (χ1n) is 6.70. The largest absolute Gasteiger partial charge is 0.484 e. The number of benzene rings is 2. The first-order chi connectivity index (χ1) is 11.7. The second-order valence-electron chi connectivity index (χ2n) is 4.78. The van der Waals surface area contributed by atoms with Gasteiger partial charge in [-0.2, -0.15) is 13.2 Å². The highest BCUT2D eigenvalue weighted by molar-refractivity contribution is 5.91. The number of carbonyl (C=O) groups excluding carboxylic acids is 1. The maximum atomic E-state index is 13.2. The van der Waals surface area contributed by atoms with Crippen LogP contribution in [0.1, 0.15) is 5.56 Å². The Morgan fingerprint density at radius 3 is 2.36 bits per heavy atom. The molecule has 2 rings (SSSR count). The van der Waals surface area contributed by atoms with Crippen molar-refractivity contribution in [1.29, 1.82) is 0 Å². The number of halogens is 4. The Labute approximate surface area is 138 Å². The highest BCUT2D eigenvalue weighted by Gasteiger charge is 2.34. The van der Waals surface area contributed by atoms with Gasteiger partial charge in [-0.3, -0.25) is 14.9 Å². The van der Waals surface area contributed by atoms with E-state index in [1.807, 2.05) is 0 Å². The number of amides is 1. The summed E-state index contributed by atoms with van der Waals surface area (Å²) in [4.78, 5) is 21.6. The molecular formula is C15H10F4N2O4. The molecule has 0 saturated heterocycles. The molecule has 1 N–H and O–H groups in total. The summed E-state index contributed by atoms with van der Waals surface area (Å²) in [6, 6.07) is 6.92. The lowest BCUT2D eigenvalue weighted by Gasteiger charge is -2.11. The van der Waals surface area contributed by atoms with Gasteiger partial charge in [-0.1, -0.05) is 0 Å². The number of nitrogens with zero attached hydrogens (tertiary/aromatic N) is 1. The van der Waals surface area contributed by atoms with E-state index in [4.69, 9.17) is 4.74 Å². The summed E-state index contributed by atoms with van der Waals surface area (Å²) in [5.74, 6) is -2.07. The molecule has 0 heterocycles. The lowest BCUT2D eigenvalue weighted by molar-refractivity contribution is -0.384. The van der Waals surface area contributed by atoms with E-state index >= 15 is 0 Å². The maximum Gasteiger partial charge on any atom is 0.419 e. The fourth-order valence-corrected chi connectivity index (χ4v) is 1.83. The fourth-order valence-electron chi connectivity index (χ4n) is 1.83. The Kier molecular flexibility index (Phi) is 5.20. The summed E-state index contributed by atoms with van der Waals surface area (Å²) < 4.78 is 56.0. The van der Waals surface area contributed by atoms with Crippen molar-refractivity contribution in [2.45, 2.75) is 6.18 Å². The zero-order valence-electron chi connectivity index (χ0n) is 12.3. The molecule has 25 heavy (non-hydrogen) atoms. The van der Waals surface area contributed by atoms with Crippen molar-refractivity contribution in [2.75, 3.05) is 11.9 Å². The van der Waals surface area contributed by atoms with Crippen molar-refractivity contribution in [1.82, 2.24) is 0 Å². The first kappa shape index (κ1) is 18.2. The van der Waals surface area contributed by atoms with Gasteiger partial charge in [0.2, 0.25) is 0 Å². The molecule has 0 aliphatic rings. The highest BCUT2D eigenvalue weighted by atomic mass is 19.4. The number of nitrogens with one attached hydrogen (secondary N) is 1. The first-order valence-corrected chi connectivity index (χ1v) is 6.70. The Morgan fingerprint density at radius 2 is 1.80 bits per heavy atom. The maximum absolute atomic E-state index is 13.2. The van der Waals surface area contributed by atoms with Gasteiger partial charge >= 0.3 is 6.18 Å². The number of ether oxygens (including phenoxy) is 1. The predicted molar refractivity (Wildman–Crippen MR) is 78.6 cm³/mol. The number of carbonyl (C=O) groups is 1. The normalized spacial score (nSPS) is 11.0. The molecule has 0 unspecified atom stereocenters. The number of rotatable bonds is 5. The number of nitro groups is 1. The average Bonchev–Trinajstić information content (AvgIpc) is 2.54. The van der Waals surface area contributed by atoms with Gasteiger partial charge in [0.05, 0.1) is 10.5 Å². The Morgan fingerprint density at radius 1 is 1.16 bits per heavy atom. The Hall–Kier alpha value is -3.17. The van der Waals surface area contributed by atoms with Crippen LogP contribution < -0.4 is 10.1 Å². The molecule has 0 aliphatic carbocycles. The minimum atomic E-state index is -4.89. The molecule has 2 aromatic rings. The third-order valence-corrected chi connectivity index (χ3v) is 2.97. The SMILES string of the molecule is O=C(COc1ccc([N+](=O)[O-])cc1)Nc1ccc(F)c(C(F)(F)F)c1. The van der Waals surface area contributed by atoms with Crippen molar-refractivity contribution >= 4 is 17.3 Å². The third-order valence-electron chi connectivity index (χ3n) is 2.97. The summed E-state index contributed by atoms with van der Waals surface area (Å²) in [6.07, 6.45) is -4.89. The molecule has 0 spiro atoms. The van der Waals surface area contributed by atoms with Gasteiger partial charge in [0, 0.05) is 17.8 Å². The summed E-state index contributed by atoms with van der Waals surface area (Å²) in [6.45, 7) is -0.545. The van der Waals surface area contributed by atoms with E-state index in [0.29, 0.717) is 12.1 Å². The second-order valence-corrected chi connectivity index (χ2v) is 4.78. The van der Waals surface area contributed by atoms with Gasteiger partial charge < -0.3 is 10.1 Å². The quantitative estimate of drug-likeness (QED) is 0.501. The van der Waals surface area contributed by atoms with E-state index in [1.165, 1.54) is 24.3 Å². The zero-order valence-corrected chi connectivity index (χ0v) is 12.3. The third kappa shape index (κ3) is 4.90. The number of hydrogen-bond acceptors (Lipinski definition) is 4. The van der Waals surface area contributed by atoms with Gasteiger partial charge in [-0.25, -0.2) is 4.39 Å². The van der Waals surface area contributed by atoms with Crippen molar-refractivity contribution in [3.8, 4) is 5.75 Å². The van der Waals surface area contributed by atoms with Gasteiger partial charge in [0.1, 0.15) is 11.6 Å². The van der Waals surface area contributed by atoms with Crippen molar-refractivity contribution in [2.24, 2.45) is 0 Å². The Bertz CT molecular complexity index is 791. The molecule has 0 atom stereocenters. The molecule has 0 fully saturated rings. The standard InChI is InChI=1S/C15H10F4N2O4/c16-13-6-1-9(7-12(13)15(17,18)19)20-14(22)8-25-11-4-2-10(3-5-11)21(23)24/h1-7H,8H2,(H,20,22). The van der Waals surface area contributed by atoms with Gasteiger partial charge in [0.15, 0.2) is 6.61 Å². The zero-order chi connectivity index (χ0) is 18.6. The van der Waals surface area contributed by atoms with Crippen LogP contribution in [0.3, 0.4) is 0 Å². The molecule has 0 bridgehead atoms. The van der Waals surface area contributed by atoms with Crippen LogP contribution in [0.4, 0.5) is 28.9 Å². The molecule has 2 aromatic carbocycles. The fraction of sp³-hybridized carbons (Fsp3) is 0.133. The minimum absolute atomic E-state index is 0.163. The Balaban J connectivity index is 1.97. The van der Waals surface area contributed by atoms with E-state index < -0.39 is 35.0 Å². The lowest BCUT2D eigenvalue weighted by atomic mass is 10.2. The molecule has 6 nitrogen and oxygen atoms in total. The van der Waals surface area contributed by atoms with Crippen LogP contribution in [0.5, 0.6) is 5.75 Å². The van der Waals surface area contributed by atoms with Crippen LogP contribution in [0.15, 0.2) is 42.5 Å². The number of hydrogen-bond donors (Lipinski definition) is 1. The molecule has 0 saturated carbocycles. The number of anilines is 1. The van der Waals surface area contributed by atoms with E-state index in [1.54, 1.807) is 0 Å². The van der Waals surface area contributed by atoms with Crippen LogP contribution in [0.25, 0.3) is 0 Å². The minimum Gasteiger partial charge on any atom is -0.484 e. The monoisotopic (exact) mass is 358 g/mol. The molecule has 10 heteroatoms. The number of nitro benzene ring substituents is 1. The van der Waals surface area contributed by atoms with Crippen LogP contribution in [0, 0.1) is 15.9 Å². The van der Waals surface area contributed by atoms with E-state index in [-0.39, 0.29) is 17.1 Å². The molecule has 0 aliphatic heterocycles. The van der Waals surface area contributed by atoms with E-state index in [0.717, 1.165) is 6.07 Å². The average molecular weight is 358 g/mol. The molecule has 1 amide bonds. The van der Waals surface area contributed by atoms with Crippen LogP contribution in [0.2, 0.25) is 0 Å². The molecule has 132 valence electrons. The van der Waals surface area contributed by atoms with Crippen molar-refractivity contribution in [3.05, 3.63) is 64.0 Å². The van der Waals surface area contributed by atoms with Gasteiger partial charge in [0.25, 0.3) is 11.6 Å².